The van der Waals surface area contributed by atoms with Crippen LogP contribution >= 0.6 is 0 Å². The van der Waals surface area contributed by atoms with E-state index in [1.165, 1.54) is 38.0 Å². The minimum atomic E-state index is -1.13. The second-order valence-electron chi connectivity index (χ2n) is 10.2. The average Bonchev–Trinajstić information content (AvgIpc) is 2.81. The molecule has 0 aliphatic rings. The topological polar surface area (TPSA) is 0 Å². The normalized spacial score (nSPS) is 15.4. The molecular weight excluding hydrogens is 441 g/mol. The first-order valence-electron chi connectivity index (χ1n) is 12.3. The Bertz CT molecular complexity index is 920. The number of hydrogen-bond acceptors (Lipinski definition) is 0. The van der Waals surface area contributed by atoms with Crippen LogP contribution in [0.1, 0.15) is 67.2 Å². The monoisotopic (exact) mass is 486 g/mol. The number of halogens is 3. The second kappa shape index (κ2) is 15.4. The summed E-state index contributed by atoms with van der Waals surface area (Å²) in [7, 11) is 0. The predicted octanol–water partition coefficient (Wildman–Crippen LogP) is 11.0. The van der Waals surface area contributed by atoms with E-state index in [0.717, 1.165) is 12.8 Å². The van der Waals surface area contributed by atoms with E-state index in [0.29, 0.717) is 23.3 Å². The third-order valence-corrected chi connectivity index (χ3v) is 6.55. The molecule has 0 aliphatic heterocycles. The van der Waals surface area contributed by atoms with E-state index in [1.807, 2.05) is 0 Å². The van der Waals surface area contributed by atoms with Crippen molar-refractivity contribution in [2.24, 2.45) is 23.7 Å². The van der Waals surface area contributed by atoms with E-state index >= 15 is 0 Å². The quantitative estimate of drug-likeness (QED) is 0.190. The molecule has 3 heteroatoms. The lowest BCUT2D eigenvalue weighted by Crippen LogP contribution is -2.11. The van der Waals surface area contributed by atoms with Gasteiger partial charge in [-0.3, -0.25) is 0 Å². The Morgan fingerprint density at radius 1 is 0.657 bits per heavy atom. The van der Waals surface area contributed by atoms with Gasteiger partial charge in [-0.15, -0.1) is 0 Å². The molecule has 0 bridgehead atoms. The lowest BCUT2D eigenvalue weighted by molar-refractivity contribution is 0.306. The fraction of sp³-hybridized carbons (Fsp3) is 0.438. The summed E-state index contributed by atoms with van der Waals surface area (Å²) in [5.74, 6) is -0.618. The zero-order valence-electron chi connectivity index (χ0n) is 22.7. The van der Waals surface area contributed by atoms with Gasteiger partial charge in [0.1, 0.15) is 5.83 Å². The van der Waals surface area contributed by atoms with Gasteiger partial charge in [0.2, 0.25) is 0 Å². The van der Waals surface area contributed by atoms with Gasteiger partial charge in [-0.25, -0.2) is 13.2 Å². The summed E-state index contributed by atoms with van der Waals surface area (Å²) in [5.41, 5.74) is 0.939. The van der Waals surface area contributed by atoms with Gasteiger partial charge in [-0.1, -0.05) is 99.1 Å². The van der Waals surface area contributed by atoms with Gasteiger partial charge in [0.05, 0.1) is 0 Å². The molecule has 0 rings (SSSR count). The Morgan fingerprint density at radius 2 is 1.11 bits per heavy atom. The molecule has 0 N–H and O–H groups in total. The lowest BCUT2D eigenvalue weighted by atomic mass is 9.83. The molecule has 0 aliphatic carbocycles. The van der Waals surface area contributed by atoms with E-state index in [1.54, 1.807) is 0 Å². The van der Waals surface area contributed by atoms with Crippen molar-refractivity contribution in [2.45, 2.75) is 67.2 Å². The maximum absolute atomic E-state index is 14.8. The highest BCUT2D eigenvalue weighted by Crippen LogP contribution is 2.30. The second-order valence-corrected chi connectivity index (χ2v) is 10.2. The van der Waals surface area contributed by atoms with Gasteiger partial charge < -0.3 is 0 Å². The molecule has 0 aromatic rings. The first-order chi connectivity index (χ1) is 16.1. The number of allylic oxidation sites excluding steroid dienone is 12. The molecule has 0 nitrogen and oxygen atoms in total. The van der Waals surface area contributed by atoms with Crippen LogP contribution in [0.5, 0.6) is 0 Å². The summed E-state index contributed by atoms with van der Waals surface area (Å²) < 4.78 is 42.6. The van der Waals surface area contributed by atoms with Crippen LogP contribution < -0.4 is 0 Å². The maximum Gasteiger partial charge on any atom is 0.166 e. The molecule has 0 fully saturated rings. The largest absolute Gasteiger partial charge is 0.206 e. The maximum atomic E-state index is 14.8. The van der Waals surface area contributed by atoms with Crippen molar-refractivity contribution in [3.8, 4) is 0 Å². The van der Waals surface area contributed by atoms with Crippen LogP contribution in [0.3, 0.4) is 0 Å². The summed E-state index contributed by atoms with van der Waals surface area (Å²) in [6.45, 7) is 34.7. The highest BCUT2D eigenvalue weighted by atomic mass is 19.2. The van der Waals surface area contributed by atoms with Crippen LogP contribution in [0.2, 0.25) is 0 Å². The SMILES string of the molecule is C=C(/C=C\C(=C)C(=C)/C(F)=C\C(=C)C(C)CCC(C)C(C)CCC(C)C)C(=C)/C(F)=C(/F)C(=C)C. The molecule has 0 spiro atoms. The third-order valence-electron chi connectivity index (χ3n) is 6.55. The standard InChI is InChI=1S/C32H45F3/c1-20(2)13-14-22(5)23(6)15-16-24(7)27(10)19-30(33)28(11)25(8)17-18-26(9)29(12)32(35)31(34)21(3)4/h17-20,22-24H,3,8-16H2,1-2,4-7H3/b18-17-,30-19+,32-31-. The molecule has 0 aromatic carbocycles. The molecule has 0 heterocycles. The molecular formula is C32H45F3. The molecule has 0 saturated carbocycles. The molecule has 0 saturated heterocycles. The fourth-order valence-corrected chi connectivity index (χ4v) is 3.27. The Hall–Kier alpha value is -2.55. The van der Waals surface area contributed by atoms with E-state index in [4.69, 9.17) is 0 Å². The van der Waals surface area contributed by atoms with Crippen molar-refractivity contribution >= 4 is 0 Å². The molecule has 0 radical (unpaired) electrons. The molecule has 3 atom stereocenters. The van der Waals surface area contributed by atoms with Crippen molar-refractivity contribution in [1.82, 2.24) is 0 Å². The zero-order chi connectivity index (χ0) is 27.5. The van der Waals surface area contributed by atoms with Gasteiger partial charge in [-0.05, 0) is 71.8 Å². The Morgan fingerprint density at radius 3 is 1.57 bits per heavy atom. The zero-order valence-corrected chi connectivity index (χ0v) is 22.7. The van der Waals surface area contributed by atoms with Crippen LogP contribution in [0.4, 0.5) is 13.2 Å². The molecule has 0 amide bonds. The van der Waals surface area contributed by atoms with Crippen molar-refractivity contribution in [2.75, 3.05) is 0 Å². The number of rotatable bonds is 16. The lowest BCUT2D eigenvalue weighted by Gasteiger charge is -2.22. The Kier molecular flexibility index (Phi) is 14.3. The van der Waals surface area contributed by atoms with E-state index < -0.39 is 17.5 Å². The van der Waals surface area contributed by atoms with Crippen molar-refractivity contribution < 1.29 is 13.2 Å². The summed E-state index contributed by atoms with van der Waals surface area (Å²) in [6, 6.07) is 0. The Labute approximate surface area is 212 Å². The van der Waals surface area contributed by atoms with Crippen molar-refractivity contribution in [1.29, 1.82) is 0 Å². The van der Waals surface area contributed by atoms with Gasteiger partial charge in [0.15, 0.2) is 11.7 Å². The summed E-state index contributed by atoms with van der Waals surface area (Å²) in [6.07, 6.45) is 8.70. The minimum absolute atomic E-state index is 0.0463. The summed E-state index contributed by atoms with van der Waals surface area (Å²) in [4.78, 5) is 0. The van der Waals surface area contributed by atoms with Gasteiger partial charge in [-0.2, -0.15) is 0 Å². The van der Waals surface area contributed by atoms with Crippen LogP contribution in [0, 0.1) is 23.7 Å². The molecule has 35 heavy (non-hydrogen) atoms. The third kappa shape index (κ3) is 11.6. The van der Waals surface area contributed by atoms with Gasteiger partial charge in [0, 0.05) is 11.1 Å². The average molecular weight is 487 g/mol. The van der Waals surface area contributed by atoms with E-state index in [9.17, 15) is 13.2 Å². The van der Waals surface area contributed by atoms with Gasteiger partial charge >= 0.3 is 0 Å². The highest BCUT2D eigenvalue weighted by Gasteiger charge is 2.16. The first kappa shape index (κ1) is 32.5. The molecule has 3 unspecified atom stereocenters. The van der Waals surface area contributed by atoms with Crippen molar-refractivity contribution in [3.05, 3.63) is 109 Å². The van der Waals surface area contributed by atoms with Crippen molar-refractivity contribution in [3.63, 3.8) is 0 Å². The predicted molar refractivity (Wildman–Crippen MR) is 149 cm³/mol. The number of hydrogen-bond donors (Lipinski definition) is 0. The summed E-state index contributed by atoms with van der Waals surface area (Å²) >= 11 is 0. The van der Waals surface area contributed by atoms with Crippen LogP contribution in [0.25, 0.3) is 0 Å². The van der Waals surface area contributed by atoms with Crippen LogP contribution in [-0.2, 0) is 0 Å². The Balaban J connectivity index is 5.00. The smallest absolute Gasteiger partial charge is 0.166 e. The first-order valence-corrected chi connectivity index (χ1v) is 12.3. The van der Waals surface area contributed by atoms with Gasteiger partial charge in [0.25, 0.3) is 0 Å². The molecule has 194 valence electrons. The highest BCUT2D eigenvalue weighted by molar-refractivity contribution is 5.53. The van der Waals surface area contributed by atoms with E-state index in [-0.39, 0.29) is 33.8 Å². The van der Waals surface area contributed by atoms with Crippen LogP contribution in [0.15, 0.2) is 109 Å². The van der Waals surface area contributed by atoms with E-state index in [2.05, 4.69) is 74.1 Å². The van der Waals surface area contributed by atoms with Crippen LogP contribution in [-0.4, -0.2) is 0 Å². The summed E-state index contributed by atoms with van der Waals surface area (Å²) in [5, 5.41) is 0. The minimum Gasteiger partial charge on any atom is -0.206 e. The molecule has 0 aromatic heterocycles. The fourth-order valence-electron chi connectivity index (χ4n) is 3.27.